The number of carbonyl (C=O) groups excluding carboxylic acids is 1. The molecule has 0 aliphatic carbocycles. The number of nitrogens with one attached hydrogen (secondary N) is 1. The molecule has 0 unspecified atom stereocenters. The Bertz CT molecular complexity index is 759. The first-order valence-corrected chi connectivity index (χ1v) is 9.10. The molecule has 0 amide bonds. The van der Waals surface area contributed by atoms with Gasteiger partial charge in [0.15, 0.2) is 0 Å². The van der Waals surface area contributed by atoms with Crippen LogP contribution >= 0.6 is 0 Å². The Kier molecular flexibility index (Phi) is 5.89. The Morgan fingerprint density at radius 3 is 2.08 bits per heavy atom. The second-order valence-electron chi connectivity index (χ2n) is 6.62. The molecule has 0 bridgehead atoms. The van der Waals surface area contributed by atoms with E-state index < -0.39 is 5.97 Å². The molecule has 5 heteroatoms. The highest BCUT2D eigenvalue weighted by Gasteiger charge is 2.10. The van der Waals surface area contributed by atoms with E-state index in [1.807, 2.05) is 6.92 Å². The molecule has 5 nitrogen and oxygen atoms in total. The van der Waals surface area contributed by atoms with Gasteiger partial charge in [-0.15, -0.1) is 0 Å². The lowest BCUT2D eigenvalue weighted by Gasteiger charge is -2.22. The highest BCUT2D eigenvalue weighted by Crippen LogP contribution is 2.20. The van der Waals surface area contributed by atoms with Gasteiger partial charge in [0.1, 0.15) is 0 Å². The zero-order valence-electron chi connectivity index (χ0n) is 15.1. The van der Waals surface area contributed by atoms with Gasteiger partial charge in [-0.3, -0.25) is 5.43 Å². The molecule has 0 atom stereocenters. The van der Waals surface area contributed by atoms with Crippen LogP contribution in [0.1, 0.15) is 48.5 Å². The Hall–Kier alpha value is -2.82. The number of hydrogen-bond donors (Lipinski definition) is 1. The maximum atomic E-state index is 10.8. The molecule has 1 aliphatic heterocycles. The fourth-order valence-electron chi connectivity index (χ4n) is 3.14. The molecule has 1 saturated heterocycles. The van der Waals surface area contributed by atoms with Crippen LogP contribution in [-0.2, 0) is 0 Å². The number of benzene rings is 2. The first-order chi connectivity index (χ1) is 12.6. The number of rotatable bonds is 5. The van der Waals surface area contributed by atoms with Gasteiger partial charge >= 0.3 is 0 Å². The van der Waals surface area contributed by atoms with E-state index in [0.29, 0.717) is 0 Å². The molecule has 1 aliphatic rings. The van der Waals surface area contributed by atoms with Crippen LogP contribution in [0.5, 0.6) is 0 Å². The predicted molar refractivity (Wildman–Crippen MR) is 104 cm³/mol. The fourth-order valence-corrected chi connectivity index (χ4v) is 3.14. The summed E-state index contributed by atoms with van der Waals surface area (Å²) in [5.74, 6) is -1.18. The van der Waals surface area contributed by atoms with Gasteiger partial charge in [0.2, 0.25) is 0 Å². The highest BCUT2D eigenvalue weighted by atomic mass is 16.4. The molecule has 2 aromatic rings. The molecular formula is C21H24N3O2-. The van der Waals surface area contributed by atoms with E-state index in [-0.39, 0.29) is 5.56 Å². The van der Waals surface area contributed by atoms with Crippen LogP contribution < -0.4 is 15.4 Å². The van der Waals surface area contributed by atoms with E-state index in [0.717, 1.165) is 30.1 Å². The average Bonchev–Trinajstić information content (AvgIpc) is 2.96. The average molecular weight is 350 g/mol. The second kappa shape index (κ2) is 8.52. The quantitative estimate of drug-likeness (QED) is 0.664. The summed E-state index contributed by atoms with van der Waals surface area (Å²) in [6, 6.07) is 14.9. The lowest BCUT2D eigenvalue weighted by molar-refractivity contribution is -0.255. The molecule has 0 saturated carbocycles. The van der Waals surface area contributed by atoms with Crippen molar-refractivity contribution in [3.63, 3.8) is 0 Å². The van der Waals surface area contributed by atoms with Crippen molar-refractivity contribution in [1.82, 2.24) is 0 Å². The number of nitrogens with zero attached hydrogens (tertiary/aromatic N) is 2. The maximum Gasteiger partial charge on any atom is 0.0715 e. The van der Waals surface area contributed by atoms with Crippen LogP contribution in [0.25, 0.3) is 0 Å². The Morgan fingerprint density at radius 2 is 1.50 bits per heavy atom. The summed E-state index contributed by atoms with van der Waals surface area (Å²) in [6.07, 6.45) is 5.19. The van der Waals surface area contributed by atoms with Crippen molar-refractivity contribution in [3.05, 3.63) is 59.7 Å². The number of carboxylic acids is 1. The molecule has 1 heterocycles. The first-order valence-electron chi connectivity index (χ1n) is 9.10. The van der Waals surface area contributed by atoms with Gasteiger partial charge < -0.3 is 14.8 Å². The maximum absolute atomic E-state index is 10.8. The van der Waals surface area contributed by atoms with Crippen LogP contribution in [0.2, 0.25) is 0 Å². The molecule has 3 rings (SSSR count). The Balaban J connectivity index is 1.64. The number of carboxylic acid groups (broad SMARTS) is 1. The Morgan fingerprint density at radius 1 is 0.923 bits per heavy atom. The monoisotopic (exact) mass is 350 g/mol. The molecule has 1 N–H and O–H groups in total. The number of hydrazone groups is 1. The molecule has 2 aromatic carbocycles. The van der Waals surface area contributed by atoms with E-state index >= 15 is 0 Å². The van der Waals surface area contributed by atoms with Crippen LogP contribution in [0.15, 0.2) is 53.6 Å². The van der Waals surface area contributed by atoms with Gasteiger partial charge in [-0.1, -0.05) is 37.1 Å². The van der Waals surface area contributed by atoms with Crippen LogP contribution in [-0.4, -0.2) is 24.8 Å². The topological polar surface area (TPSA) is 67.8 Å². The van der Waals surface area contributed by atoms with E-state index in [1.165, 1.54) is 43.5 Å². The van der Waals surface area contributed by atoms with Gasteiger partial charge in [-0.2, -0.15) is 5.10 Å². The molecule has 0 spiro atoms. The molecular weight excluding hydrogens is 326 g/mol. The standard InChI is InChI=1S/C21H25N3O2/c1-16(22-23-19-10-6-18(7-11-19)21(25)26)17-8-12-20(13-9-17)24-14-4-2-3-5-15-24/h6-13,23H,2-5,14-15H2,1H3,(H,25,26)/p-1/b22-16-. The Labute approximate surface area is 154 Å². The third-order valence-electron chi connectivity index (χ3n) is 4.73. The van der Waals surface area contributed by atoms with Crippen molar-refractivity contribution in [1.29, 1.82) is 0 Å². The lowest BCUT2D eigenvalue weighted by atomic mass is 10.1. The lowest BCUT2D eigenvalue weighted by Crippen LogP contribution is -2.23. The zero-order chi connectivity index (χ0) is 18.4. The summed E-state index contributed by atoms with van der Waals surface area (Å²) in [4.78, 5) is 13.2. The minimum Gasteiger partial charge on any atom is -0.545 e. The van der Waals surface area contributed by atoms with Crippen molar-refractivity contribution in [2.24, 2.45) is 5.10 Å². The van der Waals surface area contributed by atoms with E-state index in [1.54, 1.807) is 12.1 Å². The van der Waals surface area contributed by atoms with Crippen LogP contribution in [0, 0.1) is 0 Å². The molecule has 0 aromatic heterocycles. The summed E-state index contributed by atoms with van der Waals surface area (Å²) < 4.78 is 0. The smallest absolute Gasteiger partial charge is 0.0715 e. The first kappa shape index (κ1) is 18.0. The third kappa shape index (κ3) is 4.63. The van der Waals surface area contributed by atoms with Gasteiger partial charge in [0.05, 0.1) is 17.4 Å². The number of hydrogen-bond acceptors (Lipinski definition) is 5. The SMILES string of the molecule is C/C(=N/Nc1ccc(C(=O)[O-])cc1)c1ccc(N2CCCCCC2)cc1. The van der Waals surface area contributed by atoms with E-state index in [4.69, 9.17) is 0 Å². The summed E-state index contributed by atoms with van der Waals surface area (Å²) in [7, 11) is 0. The molecule has 0 radical (unpaired) electrons. The van der Waals surface area contributed by atoms with E-state index in [9.17, 15) is 9.90 Å². The highest BCUT2D eigenvalue weighted by molar-refractivity contribution is 5.99. The van der Waals surface area contributed by atoms with Gasteiger partial charge in [-0.25, -0.2) is 0 Å². The number of anilines is 2. The summed E-state index contributed by atoms with van der Waals surface area (Å²) >= 11 is 0. The third-order valence-corrected chi connectivity index (χ3v) is 4.73. The van der Waals surface area contributed by atoms with Crippen molar-refractivity contribution >= 4 is 23.1 Å². The normalized spacial score (nSPS) is 15.4. The second-order valence-corrected chi connectivity index (χ2v) is 6.62. The zero-order valence-corrected chi connectivity index (χ0v) is 15.1. The van der Waals surface area contributed by atoms with Gasteiger partial charge in [0.25, 0.3) is 0 Å². The molecule has 136 valence electrons. The minimum atomic E-state index is -1.18. The number of carbonyl (C=O) groups is 1. The van der Waals surface area contributed by atoms with Crippen molar-refractivity contribution < 1.29 is 9.90 Å². The van der Waals surface area contributed by atoms with Crippen molar-refractivity contribution in [3.8, 4) is 0 Å². The minimum absolute atomic E-state index is 0.153. The van der Waals surface area contributed by atoms with Crippen LogP contribution in [0.4, 0.5) is 11.4 Å². The molecule has 26 heavy (non-hydrogen) atoms. The van der Waals surface area contributed by atoms with Gasteiger partial charge in [-0.05, 0) is 55.2 Å². The van der Waals surface area contributed by atoms with Crippen molar-refractivity contribution in [2.75, 3.05) is 23.4 Å². The van der Waals surface area contributed by atoms with Crippen LogP contribution in [0.3, 0.4) is 0 Å². The summed E-state index contributed by atoms with van der Waals surface area (Å²) in [5, 5.41) is 15.1. The summed E-state index contributed by atoms with van der Waals surface area (Å²) in [5.41, 5.74) is 7.05. The van der Waals surface area contributed by atoms with Gasteiger partial charge in [0, 0.05) is 18.8 Å². The molecule has 1 fully saturated rings. The van der Waals surface area contributed by atoms with E-state index in [2.05, 4.69) is 39.7 Å². The summed E-state index contributed by atoms with van der Waals surface area (Å²) in [6.45, 7) is 4.22. The predicted octanol–water partition coefficient (Wildman–Crippen LogP) is 3.27. The number of aromatic carboxylic acids is 1. The fraction of sp³-hybridized carbons (Fsp3) is 0.333. The largest absolute Gasteiger partial charge is 0.545 e. The van der Waals surface area contributed by atoms with Crippen molar-refractivity contribution in [2.45, 2.75) is 32.6 Å².